The molecular formula is C19H22N2O3. The lowest BCUT2D eigenvalue weighted by Crippen LogP contribution is -2.49. The summed E-state index contributed by atoms with van der Waals surface area (Å²) >= 11 is 0. The first kappa shape index (κ1) is 15.4. The van der Waals surface area contributed by atoms with Crippen LogP contribution in [-0.4, -0.2) is 36.5 Å². The summed E-state index contributed by atoms with van der Waals surface area (Å²) in [6.07, 6.45) is 1.62. The van der Waals surface area contributed by atoms with E-state index < -0.39 is 0 Å². The highest BCUT2D eigenvalue weighted by Crippen LogP contribution is 2.28. The van der Waals surface area contributed by atoms with Crippen LogP contribution >= 0.6 is 0 Å². The number of ether oxygens (including phenoxy) is 1. The second-order valence-electron chi connectivity index (χ2n) is 6.50. The highest BCUT2D eigenvalue weighted by atomic mass is 16.5. The van der Waals surface area contributed by atoms with Crippen LogP contribution in [0.4, 0.5) is 5.69 Å². The molecule has 0 bridgehead atoms. The maximum Gasteiger partial charge on any atom is 0.241 e. The average Bonchev–Trinajstić information content (AvgIpc) is 2.95. The lowest BCUT2D eigenvalue weighted by atomic mass is 10.0. The van der Waals surface area contributed by atoms with Gasteiger partial charge < -0.3 is 14.5 Å². The number of amides is 1. The van der Waals surface area contributed by atoms with Crippen LogP contribution in [-0.2, 0) is 16.0 Å². The van der Waals surface area contributed by atoms with Crippen molar-refractivity contribution < 1.29 is 13.9 Å². The van der Waals surface area contributed by atoms with E-state index in [1.807, 2.05) is 37.3 Å². The number of fused-ring (bicyclic) bond motifs is 1. The molecule has 0 spiro atoms. The highest BCUT2D eigenvalue weighted by molar-refractivity contribution is 5.96. The van der Waals surface area contributed by atoms with Crippen molar-refractivity contribution in [1.82, 2.24) is 4.90 Å². The first-order chi connectivity index (χ1) is 11.7. The second-order valence-corrected chi connectivity index (χ2v) is 6.50. The number of rotatable bonds is 2. The van der Waals surface area contributed by atoms with Crippen molar-refractivity contribution in [2.24, 2.45) is 0 Å². The molecule has 2 aliphatic heterocycles. The monoisotopic (exact) mass is 326 g/mol. The lowest BCUT2D eigenvalue weighted by molar-refractivity contribution is -0.125. The Morgan fingerprint density at radius 3 is 2.92 bits per heavy atom. The minimum atomic E-state index is -0.125. The van der Waals surface area contributed by atoms with Gasteiger partial charge in [0.2, 0.25) is 5.91 Å². The number of benzene rings is 1. The van der Waals surface area contributed by atoms with E-state index in [2.05, 4.69) is 16.3 Å². The summed E-state index contributed by atoms with van der Waals surface area (Å²) in [6, 6.07) is 11.8. The van der Waals surface area contributed by atoms with Crippen molar-refractivity contribution in [1.29, 1.82) is 0 Å². The van der Waals surface area contributed by atoms with Gasteiger partial charge in [0.25, 0.3) is 0 Å². The van der Waals surface area contributed by atoms with Crippen molar-refractivity contribution in [2.45, 2.75) is 31.9 Å². The van der Waals surface area contributed by atoms with Crippen molar-refractivity contribution in [3.8, 4) is 0 Å². The first-order valence-electron chi connectivity index (χ1n) is 8.51. The van der Waals surface area contributed by atoms with E-state index in [-0.39, 0.29) is 18.1 Å². The molecule has 0 unspecified atom stereocenters. The summed E-state index contributed by atoms with van der Waals surface area (Å²) in [5.41, 5.74) is 2.15. The molecule has 4 rings (SSSR count). The Kier molecular flexibility index (Phi) is 4.12. The van der Waals surface area contributed by atoms with Crippen LogP contribution in [0.15, 0.2) is 40.8 Å². The van der Waals surface area contributed by atoms with E-state index in [9.17, 15) is 4.79 Å². The molecular weight excluding hydrogens is 304 g/mol. The summed E-state index contributed by atoms with van der Waals surface area (Å²) in [5.74, 6) is 1.80. The van der Waals surface area contributed by atoms with Crippen LogP contribution in [0.2, 0.25) is 0 Å². The highest BCUT2D eigenvalue weighted by Gasteiger charge is 2.34. The molecule has 126 valence electrons. The van der Waals surface area contributed by atoms with Gasteiger partial charge in [-0.3, -0.25) is 9.69 Å². The number of hydrogen-bond acceptors (Lipinski definition) is 4. The van der Waals surface area contributed by atoms with Crippen molar-refractivity contribution in [3.05, 3.63) is 53.5 Å². The van der Waals surface area contributed by atoms with Gasteiger partial charge in [-0.2, -0.15) is 0 Å². The van der Waals surface area contributed by atoms with Crippen molar-refractivity contribution in [2.75, 3.05) is 25.0 Å². The van der Waals surface area contributed by atoms with Gasteiger partial charge in [0, 0.05) is 18.8 Å². The molecule has 1 N–H and O–H groups in total. The van der Waals surface area contributed by atoms with Gasteiger partial charge in [-0.1, -0.05) is 18.2 Å². The Bertz CT molecular complexity index is 740. The smallest absolute Gasteiger partial charge is 0.241 e. The Labute approximate surface area is 141 Å². The zero-order valence-corrected chi connectivity index (χ0v) is 13.8. The third-order valence-electron chi connectivity index (χ3n) is 4.88. The zero-order chi connectivity index (χ0) is 16.5. The quantitative estimate of drug-likeness (QED) is 0.922. The number of hydrogen-bond donors (Lipinski definition) is 1. The van der Waals surface area contributed by atoms with Gasteiger partial charge in [-0.15, -0.1) is 0 Å². The number of carbonyl (C=O) groups excluding carboxylic acids is 1. The molecule has 2 aromatic rings. The van der Waals surface area contributed by atoms with Crippen LogP contribution < -0.4 is 5.32 Å². The Morgan fingerprint density at radius 1 is 1.21 bits per heavy atom. The predicted molar refractivity (Wildman–Crippen MR) is 90.9 cm³/mol. The van der Waals surface area contributed by atoms with E-state index in [1.54, 1.807) is 0 Å². The molecule has 0 aliphatic carbocycles. The fourth-order valence-electron chi connectivity index (χ4n) is 3.60. The first-order valence-corrected chi connectivity index (χ1v) is 8.51. The van der Waals surface area contributed by atoms with Crippen LogP contribution in [0.25, 0.3) is 0 Å². The summed E-state index contributed by atoms with van der Waals surface area (Å²) in [4.78, 5) is 14.9. The number of morpholine rings is 1. The normalized spacial score (nSPS) is 25.0. The summed E-state index contributed by atoms with van der Waals surface area (Å²) < 4.78 is 11.6. The fraction of sp³-hybridized carbons (Fsp3) is 0.421. The molecule has 2 atom stereocenters. The SMILES string of the molecule is Cc1ccc([C@H]2CN([C@H]3CCc4ccccc4NC3=O)CCO2)o1. The van der Waals surface area contributed by atoms with Crippen molar-refractivity contribution in [3.63, 3.8) is 0 Å². The molecule has 1 amide bonds. The van der Waals surface area contributed by atoms with Gasteiger partial charge in [0.1, 0.15) is 17.6 Å². The predicted octanol–water partition coefficient (Wildman–Crippen LogP) is 2.91. The number of furan rings is 1. The second kappa shape index (κ2) is 6.42. The minimum Gasteiger partial charge on any atom is -0.464 e. The molecule has 1 aromatic carbocycles. The van der Waals surface area contributed by atoms with Crippen LogP contribution in [0.3, 0.4) is 0 Å². The molecule has 3 heterocycles. The topological polar surface area (TPSA) is 54.7 Å². The molecule has 1 saturated heterocycles. The fourth-order valence-corrected chi connectivity index (χ4v) is 3.60. The molecule has 0 saturated carbocycles. The van der Waals surface area contributed by atoms with E-state index in [0.717, 1.165) is 36.6 Å². The lowest BCUT2D eigenvalue weighted by Gasteiger charge is -2.36. The van der Waals surface area contributed by atoms with E-state index in [0.29, 0.717) is 13.2 Å². The number of anilines is 1. The van der Waals surface area contributed by atoms with Crippen LogP contribution in [0, 0.1) is 6.92 Å². The Hall–Kier alpha value is -2.11. The maximum atomic E-state index is 12.7. The van der Waals surface area contributed by atoms with E-state index >= 15 is 0 Å². The molecule has 1 fully saturated rings. The Morgan fingerprint density at radius 2 is 2.08 bits per heavy atom. The maximum absolute atomic E-state index is 12.7. The number of nitrogens with one attached hydrogen (secondary N) is 1. The standard InChI is InChI=1S/C19H22N2O3/c1-13-6-9-17(24-13)18-12-21(10-11-23-18)16-8-7-14-4-2-3-5-15(14)20-19(16)22/h2-6,9,16,18H,7-8,10-12H2,1H3,(H,20,22)/t16-,18+/m0/s1. The van der Waals surface area contributed by atoms with E-state index in [4.69, 9.17) is 9.15 Å². The molecule has 1 aromatic heterocycles. The molecule has 0 radical (unpaired) electrons. The van der Waals surface area contributed by atoms with Gasteiger partial charge in [0.15, 0.2) is 0 Å². The van der Waals surface area contributed by atoms with E-state index in [1.165, 1.54) is 5.56 Å². The minimum absolute atomic E-state index is 0.0798. The number of aryl methyl sites for hydroxylation is 2. The number of nitrogens with zero attached hydrogens (tertiary/aromatic N) is 1. The molecule has 5 nitrogen and oxygen atoms in total. The Balaban J connectivity index is 1.50. The van der Waals surface area contributed by atoms with Crippen LogP contribution in [0.5, 0.6) is 0 Å². The number of para-hydroxylation sites is 1. The van der Waals surface area contributed by atoms with Gasteiger partial charge in [-0.25, -0.2) is 0 Å². The summed E-state index contributed by atoms with van der Waals surface area (Å²) in [5, 5.41) is 3.08. The van der Waals surface area contributed by atoms with Gasteiger partial charge >= 0.3 is 0 Å². The summed E-state index contributed by atoms with van der Waals surface area (Å²) in [7, 11) is 0. The molecule has 5 heteroatoms. The average molecular weight is 326 g/mol. The van der Waals surface area contributed by atoms with Crippen LogP contribution in [0.1, 0.15) is 29.6 Å². The molecule has 2 aliphatic rings. The van der Waals surface area contributed by atoms with Gasteiger partial charge in [-0.05, 0) is 43.5 Å². The zero-order valence-electron chi connectivity index (χ0n) is 13.8. The van der Waals surface area contributed by atoms with Gasteiger partial charge in [0.05, 0.1) is 12.6 Å². The third kappa shape index (κ3) is 2.97. The molecule has 24 heavy (non-hydrogen) atoms. The number of carbonyl (C=O) groups is 1. The largest absolute Gasteiger partial charge is 0.464 e. The van der Waals surface area contributed by atoms with Crippen molar-refractivity contribution >= 4 is 11.6 Å². The third-order valence-corrected chi connectivity index (χ3v) is 4.88. The summed E-state index contributed by atoms with van der Waals surface area (Å²) in [6.45, 7) is 3.99.